The monoisotopic (exact) mass is 276 g/mol. The fraction of sp³-hybridized carbons (Fsp3) is 0.357. The first kappa shape index (κ1) is 13.7. The molecule has 2 aromatic rings. The molecule has 4 nitrogen and oxygen atoms in total. The summed E-state index contributed by atoms with van der Waals surface area (Å²) in [6.45, 7) is 2.81. The van der Waals surface area contributed by atoms with E-state index >= 15 is 0 Å². The molecule has 2 heterocycles. The van der Waals surface area contributed by atoms with Gasteiger partial charge in [0.15, 0.2) is 0 Å². The summed E-state index contributed by atoms with van der Waals surface area (Å²) in [6, 6.07) is 5.96. The summed E-state index contributed by atoms with van der Waals surface area (Å²) >= 11 is 5.83. The lowest BCUT2D eigenvalue weighted by atomic mass is 10.2. The Morgan fingerprint density at radius 3 is 2.63 bits per heavy atom. The van der Waals surface area contributed by atoms with Crippen molar-refractivity contribution < 1.29 is 0 Å². The maximum absolute atomic E-state index is 5.83. The lowest BCUT2D eigenvalue weighted by Crippen LogP contribution is -2.23. The summed E-state index contributed by atoms with van der Waals surface area (Å²) in [7, 11) is 1.99. The molecule has 0 saturated heterocycles. The molecular formula is C14H17ClN4. The topological polar surface area (TPSA) is 41.9 Å². The Labute approximate surface area is 118 Å². The normalized spacial score (nSPS) is 10.5. The van der Waals surface area contributed by atoms with Gasteiger partial charge in [0.2, 0.25) is 5.95 Å². The Balaban J connectivity index is 2.03. The van der Waals surface area contributed by atoms with Crippen LogP contribution < -0.4 is 4.90 Å². The zero-order valence-electron chi connectivity index (χ0n) is 11.2. The van der Waals surface area contributed by atoms with Crippen molar-refractivity contribution in [2.75, 3.05) is 18.5 Å². The van der Waals surface area contributed by atoms with E-state index in [1.54, 1.807) is 0 Å². The number of pyridine rings is 1. The van der Waals surface area contributed by atoms with Crippen LogP contribution in [0.4, 0.5) is 5.95 Å². The van der Waals surface area contributed by atoms with Crippen LogP contribution in [-0.4, -0.2) is 28.5 Å². The molecule has 0 aliphatic heterocycles. The summed E-state index contributed by atoms with van der Waals surface area (Å²) < 4.78 is 0. The molecule has 0 amide bonds. The van der Waals surface area contributed by atoms with Crippen molar-refractivity contribution in [2.45, 2.75) is 19.2 Å². The third-order valence-corrected chi connectivity index (χ3v) is 3.13. The van der Waals surface area contributed by atoms with Gasteiger partial charge in [-0.2, -0.15) is 0 Å². The van der Waals surface area contributed by atoms with Gasteiger partial charge in [-0.1, -0.05) is 0 Å². The number of halogens is 1. The zero-order valence-corrected chi connectivity index (χ0v) is 11.9. The average Bonchev–Trinajstić information content (AvgIpc) is 2.45. The van der Waals surface area contributed by atoms with Crippen LogP contribution in [0.2, 0.25) is 0 Å². The first-order valence-corrected chi connectivity index (χ1v) is 6.73. The fourth-order valence-electron chi connectivity index (χ4n) is 1.80. The minimum Gasteiger partial charge on any atom is -0.344 e. The lowest BCUT2D eigenvalue weighted by Gasteiger charge is -2.18. The van der Waals surface area contributed by atoms with Gasteiger partial charge in [-0.3, -0.25) is 4.98 Å². The maximum atomic E-state index is 5.83. The van der Waals surface area contributed by atoms with Crippen LogP contribution in [0.25, 0.3) is 0 Å². The Bertz CT molecular complexity index is 530. The number of hydrogen-bond donors (Lipinski definition) is 0. The number of rotatable bonds is 5. The Kier molecular flexibility index (Phi) is 4.68. The highest BCUT2D eigenvalue weighted by molar-refractivity contribution is 6.16. The van der Waals surface area contributed by atoms with Gasteiger partial charge in [0.05, 0.1) is 11.6 Å². The number of anilines is 1. The van der Waals surface area contributed by atoms with Crippen molar-refractivity contribution in [1.82, 2.24) is 15.0 Å². The summed E-state index contributed by atoms with van der Waals surface area (Å²) in [4.78, 5) is 14.9. The molecule has 0 unspecified atom stereocenters. The number of aromatic nitrogens is 3. The molecular weight excluding hydrogens is 260 g/mol. The largest absolute Gasteiger partial charge is 0.344 e. The summed E-state index contributed by atoms with van der Waals surface area (Å²) in [6.07, 6.45) is 4.56. The van der Waals surface area contributed by atoms with Gasteiger partial charge in [-0.15, -0.1) is 11.6 Å². The molecule has 19 heavy (non-hydrogen) atoms. The maximum Gasteiger partial charge on any atom is 0.225 e. The summed E-state index contributed by atoms with van der Waals surface area (Å²) in [5.74, 6) is 1.14. The van der Waals surface area contributed by atoms with E-state index in [1.165, 1.54) is 5.56 Å². The Morgan fingerprint density at radius 2 is 1.95 bits per heavy atom. The van der Waals surface area contributed by atoms with Gasteiger partial charge in [0.25, 0.3) is 0 Å². The molecule has 2 rings (SSSR count). The first-order valence-electron chi connectivity index (χ1n) is 6.19. The molecule has 2 aromatic heterocycles. The molecule has 0 spiro atoms. The summed E-state index contributed by atoms with van der Waals surface area (Å²) in [5, 5.41) is 0. The number of alkyl halides is 1. The fourth-order valence-corrected chi connectivity index (χ4v) is 1.94. The minimum atomic E-state index is 0.411. The number of hydrogen-bond acceptors (Lipinski definition) is 4. The molecule has 0 N–H and O–H groups in total. The van der Waals surface area contributed by atoms with Crippen LogP contribution in [0.15, 0.2) is 30.6 Å². The van der Waals surface area contributed by atoms with Crippen LogP contribution in [0.3, 0.4) is 0 Å². The molecule has 0 radical (unpaired) electrons. The summed E-state index contributed by atoms with van der Waals surface area (Å²) in [5.41, 5.74) is 3.06. The smallest absolute Gasteiger partial charge is 0.225 e. The second-order valence-electron chi connectivity index (χ2n) is 4.46. The third kappa shape index (κ3) is 3.89. The quantitative estimate of drug-likeness (QED) is 0.787. The van der Waals surface area contributed by atoms with Crippen LogP contribution in [0, 0.1) is 6.92 Å². The highest BCUT2D eigenvalue weighted by Gasteiger charge is 2.07. The van der Waals surface area contributed by atoms with E-state index in [0.29, 0.717) is 5.88 Å². The predicted octanol–water partition coefficient (Wildman–Crippen LogP) is 2.60. The van der Waals surface area contributed by atoms with E-state index in [1.807, 2.05) is 49.5 Å². The van der Waals surface area contributed by atoms with Gasteiger partial charge in [0.1, 0.15) is 0 Å². The van der Waals surface area contributed by atoms with Crippen molar-refractivity contribution in [3.05, 3.63) is 47.5 Å². The second kappa shape index (κ2) is 6.48. The minimum absolute atomic E-state index is 0.411. The molecule has 5 heteroatoms. The number of nitrogens with zero attached hydrogens (tertiary/aromatic N) is 4. The SMILES string of the molecule is Cc1cc(CCl)nc(N(C)CCc2ccncc2)n1. The van der Waals surface area contributed by atoms with E-state index < -0.39 is 0 Å². The van der Waals surface area contributed by atoms with Gasteiger partial charge < -0.3 is 4.90 Å². The highest BCUT2D eigenvalue weighted by atomic mass is 35.5. The number of aryl methyl sites for hydroxylation is 1. The predicted molar refractivity (Wildman–Crippen MR) is 77.5 cm³/mol. The van der Waals surface area contributed by atoms with Gasteiger partial charge in [-0.05, 0) is 37.1 Å². The molecule has 0 bridgehead atoms. The molecule has 0 aliphatic rings. The molecule has 0 fully saturated rings. The van der Waals surface area contributed by atoms with Crippen LogP contribution in [0.5, 0.6) is 0 Å². The zero-order chi connectivity index (χ0) is 13.7. The van der Waals surface area contributed by atoms with Crippen LogP contribution in [0.1, 0.15) is 17.0 Å². The highest BCUT2D eigenvalue weighted by Crippen LogP contribution is 2.11. The lowest BCUT2D eigenvalue weighted by molar-refractivity contribution is 0.825. The van der Waals surface area contributed by atoms with Gasteiger partial charge in [-0.25, -0.2) is 9.97 Å². The third-order valence-electron chi connectivity index (χ3n) is 2.86. The van der Waals surface area contributed by atoms with Crippen molar-refractivity contribution in [1.29, 1.82) is 0 Å². The van der Waals surface area contributed by atoms with Gasteiger partial charge in [0, 0.05) is 31.7 Å². The molecule has 0 aliphatic carbocycles. The van der Waals surface area contributed by atoms with Crippen molar-refractivity contribution in [2.24, 2.45) is 0 Å². The van der Waals surface area contributed by atoms with E-state index in [9.17, 15) is 0 Å². The van der Waals surface area contributed by atoms with E-state index in [4.69, 9.17) is 11.6 Å². The number of likely N-dealkylation sites (N-methyl/N-ethyl adjacent to an activating group) is 1. The average molecular weight is 277 g/mol. The first-order chi connectivity index (χ1) is 9.19. The van der Waals surface area contributed by atoms with Crippen molar-refractivity contribution >= 4 is 17.5 Å². The van der Waals surface area contributed by atoms with Crippen molar-refractivity contribution in [3.63, 3.8) is 0 Å². The Hall–Kier alpha value is -1.68. The molecule has 0 atom stereocenters. The van der Waals surface area contributed by atoms with E-state index in [0.717, 1.165) is 30.3 Å². The van der Waals surface area contributed by atoms with Crippen LogP contribution in [-0.2, 0) is 12.3 Å². The Morgan fingerprint density at radius 1 is 1.21 bits per heavy atom. The molecule has 100 valence electrons. The van der Waals surface area contributed by atoms with E-state index in [2.05, 4.69) is 15.0 Å². The standard InChI is InChI=1S/C14H17ClN4/c1-11-9-13(10-15)18-14(17-11)19(2)8-5-12-3-6-16-7-4-12/h3-4,6-7,9H,5,8,10H2,1-2H3. The van der Waals surface area contributed by atoms with E-state index in [-0.39, 0.29) is 0 Å². The molecule has 0 saturated carbocycles. The molecule has 0 aromatic carbocycles. The van der Waals surface area contributed by atoms with Gasteiger partial charge >= 0.3 is 0 Å². The van der Waals surface area contributed by atoms with Crippen LogP contribution >= 0.6 is 11.6 Å². The van der Waals surface area contributed by atoms with Crippen molar-refractivity contribution in [3.8, 4) is 0 Å². The second-order valence-corrected chi connectivity index (χ2v) is 4.73.